The van der Waals surface area contributed by atoms with Crippen LogP contribution in [-0.2, 0) is 0 Å². The maximum Gasteiger partial charge on any atom is 0.429 e. The summed E-state index contributed by atoms with van der Waals surface area (Å²) in [5, 5.41) is 19.6. The molecule has 2 nitrogen and oxygen atoms in total. The Morgan fingerprint density at radius 3 is 2.22 bits per heavy atom. The Morgan fingerprint density at radius 1 is 0.944 bits per heavy atom. The van der Waals surface area contributed by atoms with Gasteiger partial charge in [0.1, 0.15) is 0 Å². The number of hydrogen-bond acceptors (Lipinski definition) is 2. The molecule has 4 aliphatic rings. The monoisotopic (exact) mass is 518 g/mol. The van der Waals surface area contributed by atoms with Crippen LogP contribution in [0.3, 0.4) is 0 Å². The molecule has 0 amide bonds. The molecule has 0 heterocycles. The molecule has 0 aromatic rings. The van der Waals surface area contributed by atoms with Crippen molar-refractivity contribution < 1.29 is 36.6 Å². The SMILES string of the molecule is C=C1/C(=C\C=C2/CCC[C@]3(C)[C@@H](C4(C/C=C\C(O)(C(F)(F)F)C(F)(F)F)CC4)CC[C@@H]23)CCC[C@@H]1O. The zero-order valence-electron chi connectivity index (χ0n) is 20.7. The molecule has 0 aromatic heterocycles. The van der Waals surface area contributed by atoms with Crippen molar-refractivity contribution in [2.45, 2.75) is 102 Å². The van der Waals surface area contributed by atoms with Gasteiger partial charge in [0.25, 0.3) is 5.60 Å². The number of aliphatic hydroxyl groups is 2. The second-order valence-electron chi connectivity index (χ2n) is 11.6. The third-order valence-corrected chi connectivity index (χ3v) is 9.58. The van der Waals surface area contributed by atoms with E-state index in [9.17, 15) is 36.6 Å². The molecule has 0 radical (unpaired) electrons. The first-order valence-corrected chi connectivity index (χ1v) is 12.9. The molecule has 36 heavy (non-hydrogen) atoms. The van der Waals surface area contributed by atoms with E-state index in [0.29, 0.717) is 5.92 Å². The quantitative estimate of drug-likeness (QED) is 0.289. The molecule has 0 bridgehead atoms. The summed E-state index contributed by atoms with van der Waals surface area (Å²) in [7, 11) is 0. The average Bonchev–Trinajstić information content (AvgIpc) is 3.46. The van der Waals surface area contributed by atoms with Crippen molar-refractivity contribution >= 4 is 0 Å². The summed E-state index contributed by atoms with van der Waals surface area (Å²) in [6, 6.07) is 0. The van der Waals surface area contributed by atoms with Crippen LogP contribution in [0.2, 0.25) is 0 Å². The lowest BCUT2D eigenvalue weighted by molar-refractivity contribution is -0.347. The maximum absolute atomic E-state index is 13.1. The van der Waals surface area contributed by atoms with Gasteiger partial charge in [0, 0.05) is 0 Å². The highest BCUT2D eigenvalue weighted by molar-refractivity contribution is 5.38. The third kappa shape index (κ3) is 4.72. The molecule has 0 spiro atoms. The van der Waals surface area contributed by atoms with Crippen molar-refractivity contribution in [1.82, 2.24) is 0 Å². The topological polar surface area (TPSA) is 40.5 Å². The summed E-state index contributed by atoms with van der Waals surface area (Å²) in [5.74, 6) is 0.547. The van der Waals surface area contributed by atoms with E-state index in [1.54, 1.807) is 0 Å². The van der Waals surface area contributed by atoms with Crippen molar-refractivity contribution in [3.8, 4) is 0 Å². The Bertz CT molecular complexity index is 938. The summed E-state index contributed by atoms with van der Waals surface area (Å²) >= 11 is 0. The van der Waals surface area contributed by atoms with Crippen LogP contribution in [0.1, 0.15) is 77.6 Å². The van der Waals surface area contributed by atoms with Crippen LogP contribution in [0.15, 0.2) is 47.6 Å². The molecule has 202 valence electrons. The fourth-order valence-electron chi connectivity index (χ4n) is 7.35. The van der Waals surface area contributed by atoms with Crippen LogP contribution in [0.25, 0.3) is 0 Å². The van der Waals surface area contributed by atoms with Gasteiger partial charge in [-0.3, -0.25) is 0 Å². The lowest BCUT2D eigenvalue weighted by Crippen LogP contribution is -2.55. The minimum Gasteiger partial charge on any atom is -0.388 e. The van der Waals surface area contributed by atoms with E-state index in [-0.39, 0.29) is 29.2 Å². The van der Waals surface area contributed by atoms with Gasteiger partial charge >= 0.3 is 12.4 Å². The molecule has 2 N–H and O–H groups in total. The molecule has 4 atom stereocenters. The van der Waals surface area contributed by atoms with Crippen LogP contribution >= 0.6 is 0 Å². The minimum absolute atomic E-state index is 0.0552. The molecule has 0 unspecified atom stereocenters. The number of rotatable bonds is 5. The van der Waals surface area contributed by atoms with Crippen LogP contribution in [0.5, 0.6) is 0 Å². The van der Waals surface area contributed by atoms with Gasteiger partial charge in [-0.25, -0.2) is 0 Å². The zero-order valence-corrected chi connectivity index (χ0v) is 20.7. The first-order chi connectivity index (χ1) is 16.6. The first kappa shape index (κ1) is 27.5. The number of hydrogen-bond donors (Lipinski definition) is 2. The predicted octanol–water partition coefficient (Wildman–Crippen LogP) is 7.74. The highest BCUT2D eigenvalue weighted by Crippen LogP contribution is 2.69. The van der Waals surface area contributed by atoms with E-state index in [1.807, 2.05) is 0 Å². The van der Waals surface area contributed by atoms with Crippen molar-refractivity contribution in [3.63, 3.8) is 0 Å². The Balaban J connectivity index is 1.52. The maximum atomic E-state index is 13.1. The van der Waals surface area contributed by atoms with Gasteiger partial charge in [-0.15, -0.1) is 0 Å². The van der Waals surface area contributed by atoms with Gasteiger partial charge in [0.15, 0.2) is 0 Å². The van der Waals surface area contributed by atoms with Crippen LogP contribution < -0.4 is 0 Å². The van der Waals surface area contributed by atoms with Gasteiger partial charge in [-0.05, 0) is 111 Å². The highest BCUT2D eigenvalue weighted by atomic mass is 19.4. The molecule has 0 aliphatic heterocycles. The van der Waals surface area contributed by atoms with Crippen molar-refractivity contribution in [1.29, 1.82) is 0 Å². The van der Waals surface area contributed by atoms with Crippen LogP contribution in [0, 0.1) is 22.7 Å². The summed E-state index contributed by atoms with van der Waals surface area (Å²) in [4.78, 5) is 0. The molecule has 4 fully saturated rings. The molecule has 0 saturated heterocycles. The molecule has 4 saturated carbocycles. The number of halogens is 6. The van der Waals surface area contributed by atoms with E-state index in [4.69, 9.17) is 0 Å². The second kappa shape index (κ2) is 9.33. The summed E-state index contributed by atoms with van der Waals surface area (Å²) < 4.78 is 78.4. The summed E-state index contributed by atoms with van der Waals surface area (Å²) in [5.41, 5.74) is -1.98. The largest absolute Gasteiger partial charge is 0.429 e. The molecule has 8 heteroatoms. The van der Waals surface area contributed by atoms with Crippen LogP contribution in [-0.4, -0.2) is 34.3 Å². The van der Waals surface area contributed by atoms with Crippen molar-refractivity contribution in [3.05, 3.63) is 47.6 Å². The second-order valence-corrected chi connectivity index (χ2v) is 11.6. The molecular weight excluding hydrogens is 482 g/mol. The zero-order chi connectivity index (χ0) is 26.6. The van der Waals surface area contributed by atoms with Gasteiger partial charge in [0.2, 0.25) is 0 Å². The van der Waals surface area contributed by atoms with Gasteiger partial charge < -0.3 is 10.2 Å². The Kier molecular flexibility index (Phi) is 7.13. The minimum atomic E-state index is -5.83. The predicted molar refractivity (Wildman–Crippen MR) is 126 cm³/mol. The summed E-state index contributed by atoms with van der Waals surface area (Å²) in [6.45, 7) is 6.28. The molecule has 0 aromatic carbocycles. The van der Waals surface area contributed by atoms with Gasteiger partial charge in [-0.1, -0.05) is 37.3 Å². The van der Waals surface area contributed by atoms with Crippen LogP contribution in [0.4, 0.5) is 26.3 Å². The van der Waals surface area contributed by atoms with Gasteiger partial charge in [0.05, 0.1) is 6.10 Å². The fraction of sp³-hybridized carbons (Fsp3) is 0.714. The van der Waals surface area contributed by atoms with E-state index in [0.717, 1.165) is 81.4 Å². The van der Waals surface area contributed by atoms with E-state index in [2.05, 4.69) is 25.7 Å². The average molecular weight is 519 g/mol. The van der Waals surface area contributed by atoms with Crippen molar-refractivity contribution in [2.75, 3.05) is 0 Å². The standard InChI is InChI=1S/C28H36F6O2/c1-18-19(6-3-8-22(18)35)9-10-20-7-4-13-24(2)21(20)11-12-23(24)25(16-17-25)14-5-15-26(36,27(29,30)31)28(32,33)34/h5,9-10,15,21-23,35-36H,1,3-4,6-8,11-14,16-17H2,2H3/b15-5-,19-9-,20-10+/t21-,22-,23-,24-/m0/s1. The molecular formula is C28H36F6O2. The number of allylic oxidation sites excluding steroid dienone is 4. The summed E-state index contributed by atoms with van der Waals surface area (Å²) in [6.07, 6.45) is 1.95. The number of fused-ring (bicyclic) bond motifs is 1. The van der Waals surface area contributed by atoms with Gasteiger partial charge in [-0.2, -0.15) is 26.3 Å². The Labute approximate surface area is 208 Å². The third-order valence-electron chi connectivity index (χ3n) is 9.58. The normalized spacial score (nSPS) is 35.6. The van der Waals surface area contributed by atoms with Crippen molar-refractivity contribution in [2.24, 2.45) is 22.7 Å². The van der Waals surface area contributed by atoms with E-state index >= 15 is 0 Å². The van der Waals surface area contributed by atoms with E-state index < -0.39 is 24.1 Å². The lowest BCUT2D eigenvalue weighted by atomic mass is 9.59. The smallest absolute Gasteiger partial charge is 0.388 e. The first-order valence-electron chi connectivity index (χ1n) is 12.9. The number of aliphatic hydroxyl groups excluding tert-OH is 1. The molecule has 4 rings (SSSR count). The number of alkyl halides is 6. The van der Waals surface area contributed by atoms with E-state index in [1.165, 1.54) is 5.57 Å². The Hall–Kier alpha value is -1.54. The fourth-order valence-corrected chi connectivity index (χ4v) is 7.35. The lowest BCUT2D eigenvalue weighted by Gasteiger charge is -2.45. The molecule has 4 aliphatic carbocycles. The highest BCUT2D eigenvalue weighted by Gasteiger charge is 2.69. The Morgan fingerprint density at radius 2 is 1.61 bits per heavy atom.